The highest BCUT2D eigenvalue weighted by Gasteiger charge is 2.27. The highest BCUT2D eigenvalue weighted by Crippen LogP contribution is 2.35. The Balaban J connectivity index is 2.23. The predicted molar refractivity (Wildman–Crippen MR) is 62.4 cm³/mol. The molecule has 0 radical (unpaired) electrons. The molecule has 1 aliphatic rings. The molecular formula is C13H18FNO. The van der Waals surface area contributed by atoms with E-state index in [9.17, 15) is 4.39 Å². The lowest BCUT2D eigenvalue weighted by Gasteiger charge is -2.19. The summed E-state index contributed by atoms with van der Waals surface area (Å²) >= 11 is 0. The summed E-state index contributed by atoms with van der Waals surface area (Å²) in [6.07, 6.45) is 3.52. The topological polar surface area (TPSA) is 21.3 Å². The van der Waals surface area contributed by atoms with Crippen LogP contribution in [0.2, 0.25) is 0 Å². The van der Waals surface area contributed by atoms with E-state index >= 15 is 0 Å². The molecule has 0 saturated heterocycles. The molecule has 1 aromatic rings. The first kappa shape index (κ1) is 11.4. The Hall–Kier alpha value is -1.09. The lowest BCUT2D eigenvalue weighted by atomic mass is 9.94. The van der Waals surface area contributed by atoms with E-state index in [1.165, 1.54) is 20.0 Å². The number of likely N-dealkylation sites (N-methyl/N-ethyl adjacent to an activating group) is 1. The molecule has 2 atom stereocenters. The van der Waals surface area contributed by atoms with Gasteiger partial charge in [0.05, 0.1) is 7.11 Å². The van der Waals surface area contributed by atoms with Crippen molar-refractivity contribution in [2.75, 3.05) is 14.2 Å². The van der Waals surface area contributed by atoms with Crippen molar-refractivity contribution in [3.8, 4) is 5.75 Å². The van der Waals surface area contributed by atoms with Crippen LogP contribution in [0, 0.1) is 5.82 Å². The molecule has 1 saturated carbocycles. The molecule has 2 nitrogen and oxygen atoms in total. The summed E-state index contributed by atoms with van der Waals surface area (Å²) in [5.41, 5.74) is 1.08. The van der Waals surface area contributed by atoms with Crippen LogP contribution < -0.4 is 10.1 Å². The fourth-order valence-corrected chi connectivity index (χ4v) is 2.62. The molecule has 3 heteroatoms. The van der Waals surface area contributed by atoms with Gasteiger partial charge in [0.1, 0.15) is 0 Å². The molecule has 0 aliphatic heterocycles. The normalized spacial score (nSPS) is 24.7. The van der Waals surface area contributed by atoms with E-state index in [4.69, 9.17) is 4.74 Å². The van der Waals surface area contributed by atoms with Crippen molar-refractivity contribution in [1.82, 2.24) is 5.32 Å². The summed E-state index contributed by atoms with van der Waals surface area (Å²) in [5.74, 6) is 0.495. The molecule has 0 spiro atoms. The summed E-state index contributed by atoms with van der Waals surface area (Å²) in [6, 6.07) is 5.78. The van der Waals surface area contributed by atoms with E-state index < -0.39 is 0 Å². The predicted octanol–water partition coefficient (Wildman–Crippen LogP) is 2.69. The van der Waals surface area contributed by atoms with E-state index in [1.807, 2.05) is 13.1 Å². The third-order valence-electron chi connectivity index (χ3n) is 3.49. The minimum atomic E-state index is -0.262. The van der Waals surface area contributed by atoms with Crippen LogP contribution in [0.15, 0.2) is 18.2 Å². The van der Waals surface area contributed by atoms with Crippen LogP contribution in [-0.2, 0) is 0 Å². The first-order valence-electron chi connectivity index (χ1n) is 5.77. The van der Waals surface area contributed by atoms with Gasteiger partial charge in [0.2, 0.25) is 0 Å². The van der Waals surface area contributed by atoms with Crippen LogP contribution in [-0.4, -0.2) is 20.2 Å². The van der Waals surface area contributed by atoms with Gasteiger partial charge in [0.15, 0.2) is 11.6 Å². The van der Waals surface area contributed by atoms with Gasteiger partial charge in [-0.1, -0.05) is 12.5 Å². The van der Waals surface area contributed by atoms with E-state index in [0.717, 1.165) is 12.0 Å². The van der Waals surface area contributed by atoms with Gasteiger partial charge in [-0.2, -0.15) is 0 Å². The second-order valence-corrected chi connectivity index (χ2v) is 4.33. The molecular weight excluding hydrogens is 205 g/mol. The van der Waals surface area contributed by atoms with Gasteiger partial charge in [-0.3, -0.25) is 0 Å². The number of hydrogen-bond acceptors (Lipinski definition) is 2. The Morgan fingerprint density at radius 1 is 1.38 bits per heavy atom. The van der Waals surface area contributed by atoms with Crippen molar-refractivity contribution in [3.05, 3.63) is 29.6 Å². The van der Waals surface area contributed by atoms with Crippen LogP contribution >= 0.6 is 0 Å². The Morgan fingerprint density at radius 2 is 2.19 bits per heavy atom. The van der Waals surface area contributed by atoms with E-state index in [-0.39, 0.29) is 5.82 Å². The number of rotatable bonds is 3. The molecule has 88 valence electrons. The Morgan fingerprint density at radius 3 is 2.81 bits per heavy atom. The number of hydrogen-bond donors (Lipinski definition) is 1. The van der Waals surface area contributed by atoms with Gasteiger partial charge in [-0.05, 0) is 43.5 Å². The van der Waals surface area contributed by atoms with Gasteiger partial charge in [-0.25, -0.2) is 4.39 Å². The highest BCUT2D eigenvalue weighted by atomic mass is 19.1. The zero-order valence-corrected chi connectivity index (χ0v) is 9.79. The van der Waals surface area contributed by atoms with Gasteiger partial charge in [0, 0.05) is 6.04 Å². The molecule has 0 bridgehead atoms. The minimum Gasteiger partial charge on any atom is -0.494 e. The summed E-state index contributed by atoms with van der Waals surface area (Å²) < 4.78 is 18.5. The molecule has 2 rings (SSSR count). The average molecular weight is 223 g/mol. The quantitative estimate of drug-likeness (QED) is 0.850. The Bertz CT molecular complexity index is 367. The maximum atomic E-state index is 13.6. The number of nitrogens with one attached hydrogen (secondary N) is 1. The Labute approximate surface area is 95.8 Å². The van der Waals surface area contributed by atoms with E-state index in [2.05, 4.69) is 5.32 Å². The SMILES string of the molecule is CNC1CCCC1c1ccc(OC)c(F)c1. The zero-order chi connectivity index (χ0) is 11.5. The van der Waals surface area contributed by atoms with Crippen molar-refractivity contribution < 1.29 is 9.13 Å². The molecule has 0 aromatic heterocycles. The van der Waals surface area contributed by atoms with Gasteiger partial charge >= 0.3 is 0 Å². The van der Waals surface area contributed by atoms with E-state index in [0.29, 0.717) is 17.7 Å². The number of halogens is 1. The summed E-state index contributed by atoms with van der Waals surface area (Å²) in [7, 11) is 3.47. The summed E-state index contributed by atoms with van der Waals surface area (Å²) in [6.45, 7) is 0. The highest BCUT2D eigenvalue weighted by molar-refractivity contribution is 5.32. The first-order valence-corrected chi connectivity index (χ1v) is 5.77. The second kappa shape index (κ2) is 4.83. The zero-order valence-electron chi connectivity index (χ0n) is 9.79. The van der Waals surface area contributed by atoms with Crippen molar-refractivity contribution >= 4 is 0 Å². The van der Waals surface area contributed by atoms with Crippen LogP contribution in [0.4, 0.5) is 4.39 Å². The van der Waals surface area contributed by atoms with Gasteiger partial charge < -0.3 is 10.1 Å². The number of ether oxygens (including phenoxy) is 1. The number of methoxy groups -OCH3 is 1. The summed E-state index contributed by atoms with van der Waals surface area (Å²) in [5, 5.41) is 3.31. The molecule has 1 aliphatic carbocycles. The van der Waals surface area contributed by atoms with E-state index in [1.54, 1.807) is 12.1 Å². The molecule has 1 fully saturated rings. The van der Waals surface area contributed by atoms with Crippen molar-refractivity contribution in [3.63, 3.8) is 0 Å². The largest absolute Gasteiger partial charge is 0.494 e. The standard InChI is InChI=1S/C13H18FNO/c1-15-12-5-3-4-10(12)9-6-7-13(16-2)11(14)8-9/h6-8,10,12,15H,3-5H2,1-2H3. The molecule has 0 amide bonds. The van der Waals surface area contributed by atoms with Crippen molar-refractivity contribution in [1.29, 1.82) is 0 Å². The average Bonchev–Trinajstić information content (AvgIpc) is 2.77. The molecule has 2 unspecified atom stereocenters. The monoisotopic (exact) mass is 223 g/mol. The second-order valence-electron chi connectivity index (χ2n) is 4.33. The van der Waals surface area contributed by atoms with Crippen molar-refractivity contribution in [2.45, 2.75) is 31.2 Å². The first-order chi connectivity index (χ1) is 7.76. The van der Waals surface area contributed by atoms with Gasteiger partial charge in [-0.15, -0.1) is 0 Å². The lowest BCUT2D eigenvalue weighted by molar-refractivity contribution is 0.385. The van der Waals surface area contributed by atoms with Gasteiger partial charge in [0.25, 0.3) is 0 Å². The van der Waals surface area contributed by atoms with Crippen molar-refractivity contribution in [2.24, 2.45) is 0 Å². The van der Waals surface area contributed by atoms with Crippen LogP contribution in [0.5, 0.6) is 5.75 Å². The smallest absolute Gasteiger partial charge is 0.165 e. The van der Waals surface area contributed by atoms with Crippen LogP contribution in [0.3, 0.4) is 0 Å². The maximum absolute atomic E-state index is 13.6. The number of benzene rings is 1. The third-order valence-corrected chi connectivity index (χ3v) is 3.49. The lowest BCUT2D eigenvalue weighted by Crippen LogP contribution is -2.27. The maximum Gasteiger partial charge on any atom is 0.165 e. The molecule has 16 heavy (non-hydrogen) atoms. The van der Waals surface area contributed by atoms with Crippen LogP contribution in [0.1, 0.15) is 30.7 Å². The Kier molecular flexibility index (Phi) is 3.44. The molecule has 0 heterocycles. The third kappa shape index (κ3) is 2.05. The summed E-state index contributed by atoms with van der Waals surface area (Å²) in [4.78, 5) is 0. The fourth-order valence-electron chi connectivity index (χ4n) is 2.62. The fraction of sp³-hybridized carbons (Fsp3) is 0.538. The minimum absolute atomic E-state index is 0.262. The van der Waals surface area contributed by atoms with Crippen LogP contribution in [0.25, 0.3) is 0 Å². The molecule has 1 N–H and O–H groups in total. The molecule has 1 aromatic carbocycles.